The van der Waals surface area contributed by atoms with E-state index in [1.807, 2.05) is 31.2 Å². The first-order chi connectivity index (χ1) is 14.5. The first-order valence-electron chi connectivity index (χ1n) is 9.88. The molecule has 2 saturated heterocycles. The van der Waals surface area contributed by atoms with Gasteiger partial charge in [-0.25, -0.2) is 4.98 Å². The van der Waals surface area contributed by atoms with E-state index in [2.05, 4.69) is 10.3 Å². The average Bonchev–Trinajstić information content (AvgIpc) is 3.32. The summed E-state index contributed by atoms with van der Waals surface area (Å²) in [6.07, 6.45) is -0.0760. The zero-order chi connectivity index (χ0) is 21.1. The van der Waals surface area contributed by atoms with Gasteiger partial charge in [0.1, 0.15) is 23.7 Å². The van der Waals surface area contributed by atoms with Gasteiger partial charge in [0.2, 0.25) is 5.91 Å². The monoisotopic (exact) mass is 431 g/mol. The Balaban J connectivity index is 1.29. The summed E-state index contributed by atoms with van der Waals surface area (Å²) in [5, 5.41) is 5.51. The summed E-state index contributed by atoms with van der Waals surface area (Å²) in [7, 11) is 1.61. The maximum Gasteiger partial charge on any atom is 0.271 e. The summed E-state index contributed by atoms with van der Waals surface area (Å²) >= 11 is 1.44. The van der Waals surface area contributed by atoms with Crippen molar-refractivity contribution in [3.63, 3.8) is 0 Å². The van der Waals surface area contributed by atoms with Gasteiger partial charge in [0.15, 0.2) is 0 Å². The fourth-order valence-electron chi connectivity index (χ4n) is 3.67. The number of rotatable bonds is 5. The second-order valence-electron chi connectivity index (χ2n) is 7.49. The molecule has 4 rings (SSSR count). The van der Waals surface area contributed by atoms with E-state index in [9.17, 15) is 9.59 Å². The standard InChI is InChI=1S/C21H25N3O5S/c1-13-22-17(12-30-13)21(26)23-15-10-28-18-8-24(9-19(18)29-11-15)20(25)7-14-4-3-5-16(6-14)27-2/h3-6,12,15,18-19H,7-11H2,1-2H3,(H,23,26)/t18-,19-/m0/s1. The summed E-state index contributed by atoms with van der Waals surface area (Å²) in [5.74, 6) is 0.547. The third-order valence-electron chi connectivity index (χ3n) is 5.27. The van der Waals surface area contributed by atoms with Gasteiger partial charge in [-0.1, -0.05) is 12.1 Å². The lowest BCUT2D eigenvalue weighted by molar-refractivity contribution is -0.130. The molecule has 2 aromatic rings. The molecule has 0 radical (unpaired) electrons. The first-order valence-corrected chi connectivity index (χ1v) is 10.8. The van der Waals surface area contributed by atoms with Gasteiger partial charge in [-0.05, 0) is 24.6 Å². The van der Waals surface area contributed by atoms with Crippen LogP contribution < -0.4 is 10.1 Å². The van der Waals surface area contributed by atoms with Gasteiger partial charge in [0.05, 0.1) is 37.8 Å². The normalized spacial score (nSPS) is 21.7. The lowest BCUT2D eigenvalue weighted by Crippen LogP contribution is -2.41. The number of thiazole rings is 1. The second kappa shape index (κ2) is 9.11. The molecule has 0 saturated carbocycles. The van der Waals surface area contributed by atoms with Gasteiger partial charge >= 0.3 is 0 Å². The first kappa shape index (κ1) is 20.8. The highest BCUT2D eigenvalue weighted by atomic mass is 32.1. The fourth-order valence-corrected chi connectivity index (χ4v) is 4.27. The maximum absolute atomic E-state index is 12.7. The Bertz CT molecular complexity index is 902. The molecular formula is C21H25N3O5S. The van der Waals surface area contributed by atoms with Crippen molar-refractivity contribution in [1.82, 2.24) is 15.2 Å². The number of amides is 2. The van der Waals surface area contributed by atoms with E-state index in [-0.39, 0.29) is 30.1 Å². The minimum Gasteiger partial charge on any atom is -0.497 e. The van der Waals surface area contributed by atoms with Crippen molar-refractivity contribution >= 4 is 23.2 Å². The number of nitrogens with one attached hydrogen (secondary N) is 1. The van der Waals surface area contributed by atoms with Crippen molar-refractivity contribution in [3.8, 4) is 5.75 Å². The number of ether oxygens (including phenoxy) is 3. The summed E-state index contributed by atoms with van der Waals surface area (Å²) in [4.78, 5) is 31.0. The molecule has 160 valence electrons. The number of methoxy groups -OCH3 is 1. The minimum atomic E-state index is -0.244. The number of benzene rings is 1. The van der Waals surface area contributed by atoms with E-state index in [0.717, 1.165) is 16.3 Å². The maximum atomic E-state index is 12.7. The SMILES string of the molecule is COc1cccc(CC(=O)N2C[C@@H]3OCC(NC(=O)c4csc(C)n4)CO[C@H]3C2)c1. The number of hydrogen-bond donors (Lipinski definition) is 1. The van der Waals surface area contributed by atoms with Crippen LogP contribution in [-0.2, 0) is 20.7 Å². The topological polar surface area (TPSA) is 90.0 Å². The Labute approximate surface area is 179 Å². The fraction of sp³-hybridized carbons (Fsp3) is 0.476. The molecule has 1 N–H and O–H groups in total. The highest BCUT2D eigenvalue weighted by Crippen LogP contribution is 2.22. The van der Waals surface area contributed by atoms with Crippen LogP contribution in [0, 0.1) is 6.92 Å². The molecule has 2 amide bonds. The van der Waals surface area contributed by atoms with Gasteiger partial charge in [0, 0.05) is 18.5 Å². The molecule has 1 aromatic heterocycles. The van der Waals surface area contributed by atoms with Gasteiger partial charge in [-0.3, -0.25) is 9.59 Å². The van der Waals surface area contributed by atoms with E-state index >= 15 is 0 Å². The van der Waals surface area contributed by atoms with Crippen molar-refractivity contribution in [2.75, 3.05) is 33.4 Å². The molecule has 2 aliphatic rings. The Hall–Kier alpha value is -2.49. The lowest BCUT2D eigenvalue weighted by atomic mass is 10.1. The smallest absolute Gasteiger partial charge is 0.271 e. The van der Waals surface area contributed by atoms with Crippen molar-refractivity contribution < 1.29 is 23.8 Å². The van der Waals surface area contributed by atoms with E-state index in [0.29, 0.717) is 38.4 Å². The molecule has 30 heavy (non-hydrogen) atoms. The molecule has 0 unspecified atom stereocenters. The molecule has 3 heterocycles. The van der Waals surface area contributed by atoms with Crippen molar-refractivity contribution in [1.29, 1.82) is 0 Å². The van der Waals surface area contributed by atoms with Crippen molar-refractivity contribution in [3.05, 3.63) is 45.9 Å². The molecule has 0 aliphatic carbocycles. The Morgan fingerprint density at radius 2 is 2.00 bits per heavy atom. The van der Waals surface area contributed by atoms with E-state index in [1.165, 1.54) is 11.3 Å². The average molecular weight is 432 g/mol. The zero-order valence-electron chi connectivity index (χ0n) is 17.0. The number of carbonyl (C=O) groups excluding carboxylic acids is 2. The number of hydrogen-bond acceptors (Lipinski definition) is 7. The van der Waals surface area contributed by atoms with Crippen LogP contribution in [0.3, 0.4) is 0 Å². The van der Waals surface area contributed by atoms with Crippen LogP contribution in [0.5, 0.6) is 5.75 Å². The predicted molar refractivity (Wildman–Crippen MR) is 111 cm³/mol. The number of aryl methyl sites for hydroxylation is 1. The van der Waals surface area contributed by atoms with Crippen LogP contribution in [0.2, 0.25) is 0 Å². The van der Waals surface area contributed by atoms with Crippen molar-refractivity contribution in [2.45, 2.75) is 31.6 Å². The van der Waals surface area contributed by atoms with Crippen LogP contribution in [0.15, 0.2) is 29.6 Å². The quantitative estimate of drug-likeness (QED) is 0.770. The predicted octanol–water partition coefficient (Wildman–Crippen LogP) is 1.43. The zero-order valence-corrected chi connectivity index (χ0v) is 17.8. The van der Waals surface area contributed by atoms with E-state index in [1.54, 1.807) is 17.4 Å². The van der Waals surface area contributed by atoms with Crippen LogP contribution in [0.1, 0.15) is 21.1 Å². The summed E-state index contributed by atoms with van der Waals surface area (Å²) in [6.45, 7) is 3.52. The largest absolute Gasteiger partial charge is 0.497 e. The summed E-state index contributed by atoms with van der Waals surface area (Å²) < 4.78 is 17.2. The minimum absolute atomic E-state index is 0.0345. The van der Waals surface area contributed by atoms with E-state index < -0.39 is 0 Å². The van der Waals surface area contributed by atoms with Crippen LogP contribution in [0.25, 0.3) is 0 Å². The van der Waals surface area contributed by atoms with Gasteiger partial charge in [-0.2, -0.15) is 0 Å². The molecule has 2 fully saturated rings. The third kappa shape index (κ3) is 4.80. The molecule has 0 spiro atoms. The number of carbonyl (C=O) groups is 2. The van der Waals surface area contributed by atoms with E-state index in [4.69, 9.17) is 14.2 Å². The van der Waals surface area contributed by atoms with Crippen LogP contribution in [0.4, 0.5) is 0 Å². The van der Waals surface area contributed by atoms with Crippen molar-refractivity contribution in [2.24, 2.45) is 0 Å². The molecule has 2 atom stereocenters. The Morgan fingerprint density at radius 3 is 2.63 bits per heavy atom. The Morgan fingerprint density at radius 1 is 1.27 bits per heavy atom. The lowest BCUT2D eigenvalue weighted by Gasteiger charge is -2.19. The van der Waals surface area contributed by atoms with Gasteiger partial charge < -0.3 is 24.4 Å². The number of aromatic nitrogens is 1. The molecule has 1 aromatic carbocycles. The highest BCUT2D eigenvalue weighted by Gasteiger charge is 2.39. The summed E-state index contributed by atoms with van der Waals surface area (Å²) in [5.41, 5.74) is 1.32. The van der Waals surface area contributed by atoms with Gasteiger partial charge in [0.25, 0.3) is 5.91 Å². The third-order valence-corrected chi connectivity index (χ3v) is 6.04. The number of fused-ring (bicyclic) bond motifs is 1. The van der Waals surface area contributed by atoms with Gasteiger partial charge in [-0.15, -0.1) is 11.3 Å². The molecule has 2 aliphatic heterocycles. The number of likely N-dealkylation sites (tertiary alicyclic amines) is 1. The highest BCUT2D eigenvalue weighted by molar-refractivity contribution is 7.09. The van der Waals surface area contributed by atoms with Crippen LogP contribution >= 0.6 is 11.3 Å². The molecule has 9 heteroatoms. The summed E-state index contributed by atoms with van der Waals surface area (Å²) in [6, 6.07) is 7.28. The Kier molecular flexibility index (Phi) is 6.31. The van der Waals surface area contributed by atoms with Crippen LogP contribution in [-0.4, -0.2) is 73.4 Å². The molecule has 0 bridgehead atoms. The second-order valence-corrected chi connectivity index (χ2v) is 8.55. The molecule has 8 nitrogen and oxygen atoms in total. The molecular weight excluding hydrogens is 406 g/mol. The number of nitrogens with zero attached hydrogens (tertiary/aromatic N) is 2.